The summed E-state index contributed by atoms with van der Waals surface area (Å²) in [6, 6.07) is 8.80. The average molecular weight is 430 g/mol. The molecule has 0 aliphatic carbocycles. The summed E-state index contributed by atoms with van der Waals surface area (Å²) in [5, 5.41) is 17.8. The number of benzene rings is 1. The van der Waals surface area contributed by atoms with Crippen molar-refractivity contribution in [3.63, 3.8) is 0 Å². The van der Waals surface area contributed by atoms with Gasteiger partial charge >= 0.3 is 5.97 Å². The predicted molar refractivity (Wildman–Crippen MR) is 108 cm³/mol. The van der Waals surface area contributed by atoms with E-state index in [0.29, 0.717) is 5.82 Å². The molecule has 0 aliphatic heterocycles. The van der Waals surface area contributed by atoms with Crippen molar-refractivity contribution in [3.8, 4) is 5.82 Å². The number of carbonyl (C=O) groups excluding carboxylic acids is 2. The number of aromatic nitrogens is 3. The van der Waals surface area contributed by atoms with E-state index >= 15 is 0 Å². The first-order valence-electron chi connectivity index (χ1n) is 8.65. The Labute approximate surface area is 175 Å². The first kappa shape index (κ1) is 20.9. The summed E-state index contributed by atoms with van der Waals surface area (Å²) >= 11 is 5.73. The van der Waals surface area contributed by atoms with Gasteiger partial charge in [-0.25, -0.2) is 14.5 Å². The molecule has 0 atom stereocenters. The van der Waals surface area contributed by atoms with Crippen LogP contribution in [0.2, 0.25) is 5.02 Å². The zero-order valence-electron chi connectivity index (χ0n) is 16.0. The first-order chi connectivity index (χ1) is 14.2. The minimum absolute atomic E-state index is 0.0543. The zero-order valence-corrected chi connectivity index (χ0v) is 16.7. The Bertz CT molecular complexity index is 1130. The Kier molecular flexibility index (Phi) is 6.07. The lowest BCUT2D eigenvalue weighted by Crippen LogP contribution is -2.21. The van der Waals surface area contributed by atoms with Gasteiger partial charge in [-0.2, -0.15) is 5.10 Å². The van der Waals surface area contributed by atoms with Crippen LogP contribution in [0.3, 0.4) is 0 Å². The number of nitrogens with zero attached hydrogens (tertiary/aromatic N) is 4. The Morgan fingerprint density at radius 2 is 2.00 bits per heavy atom. The number of nitro groups is 1. The van der Waals surface area contributed by atoms with Gasteiger partial charge in [-0.1, -0.05) is 11.6 Å². The molecule has 0 saturated heterocycles. The topological polar surface area (TPSA) is 129 Å². The lowest BCUT2D eigenvalue weighted by molar-refractivity contribution is -0.383. The highest BCUT2D eigenvalue weighted by Crippen LogP contribution is 2.27. The van der Waals surface area contributed by atoms with Crippen molar-refractivity contribution in [2.45, 2.75) is 13.8 Å². The number of hydrogen-bond donors (Lipinski definition) is 1. The third-order valence-electron chi connectivity index (χ3n) is 3.98. The van der Waals surface area contributed by atoms with Crippen LogP contribution in [-0.2, 0) is 9.53 Å². The van der Waals surface area contributed by atoms with E-state index in [4.69, 9.17) is 16.3 Å². The second kappa shape index (κ2) is 8.70. The largest absolute Gasteiger partial charge is 0.452 e. The smallest absolute Gasteiger partial charge is 0.340 e. The third-order valence-corrected chi connectivity index (χ3v) is 4.21. The maximum absolute atomic E-state index is 12.1. The minimum Gasteiger partial charge on any atom is -0.452 e. The van der Waals surface area contributed by atoms with Crippen molar-refractivity contribution >= 4 is 34.9 Å². The summed E-state index contributed by atoms with van der Waals surface area (Å²) in [5.41, 5.74) is 1.45. The van der Waals surface area contributed by atoms with Gasteiger partial charge in [0.05, 0.1) is 16.2 Å². The fourth-order valence-corrected chi connectivity index (χ4v) is 2.82. The van der Waals surface area contributed by atoms with Gasteiger partial charge in [0, 0.05) is 23.0 Å². The molecule has 0 bridgehead atoms. The summed E-state index contributed by atoms with van der Waals surface area (Å²) in [7, 11) is 0. The van der Waals surface area contributed by atoms with Crippen LogP contribution < -0.4 is 5.32 Å². The molecule has 154 valence electrons. The predicted octanol–water partition coefficient (Wildman–Crippen LogP) is 3.24. The number of hydrogen-bond acceptors (Lipinski definition) is 7. The van der Waals surface area contributed by atoms with Crippen molar-refractivity contribution in [2.75, 3.05) is 11.9 Å². The van der Waals surface area contributed by atoms with Gasteiger partial charge in [0.25, 0.3) is 11.6 Å². The van der Waals surface area contributed by atoms with E-state index in [2.05, 4.69) is 15.4 Å². The fourth-order valence-electron chi connectivity index (χ4n) is 2.66. The third kappa shape index (κ3) is 4.78. The van der Waals surface area contributed by atoms with Crippen LogP contribution in [0.5, 0.6) is 0 Å². The van der Waals surface area contributed by atoms with Crippen LogP contribution >= 0.6 is 11.6 Å². The Hall–Kier alpha value is -3.79. The molecule has 0 unspecified atom stereocenters. The van der Waals surface area contributed by atoms with Gasteiger partial charge in [0.15, 0.2) is 12.4 Å². The van der Waals surface area contributed by atoms with E-state index in [1.807, 2.05) is 19.9 Å². The number of halogens is 1. The molecule has 10 nitrogen and oxygen atoms in total. The van der Waals surface area contributed by atoms with E-state index in [1.54, 1.807) is 10.7 Å². The molecule has 1 amide bonds. The number of ether oxygens (including phenoxy) is 1. The van der Waals surface area contributed by atoms with Crippen LogP contribution in [-0.4, -0.2) is 38.2 Å². The lowest BCUT2D eigenvalue weighted by atomic mass is 10.2. The highest BCUT2D eigenvalue weighted by molar-refractivity contribution is 6.31. The molecule has 3 aromatic rings. The van der Waals surface area contributed by atoms with Crippen molar-refractivity contribution in [2.24, 2.45) is 0 Å². The molecule has 1 N–H and O–H groups in total. The summed E-state index contributed by atoms with van der Waals surface area (Å²) in [5.74, 6) is -0.964. The number of amides is 1. The molecule has 0 fully saturated rings. The van der Waals surface area contributed by atoms with E-state index in [1.165, 1.54) is 24.4 Å². The average Bonchev–Trinajstić information content (AvgIpc) is 3.05. The van der Waals surface area contributed by atoms with Gasteiger partial charge in [-0.15, -0.1) is 0 Å². The molecular weight excluding hydrogens is 414 g/mol. The lowest BCUT2D eigenvalue weighted by Gasteiger charge is -2.08. The highest BCUT2D eigenvalue weighted by atomic mass is 35.5. The van der Waals surface area contributed by atoms with Crippen molar-refractivity contribution in [1.82, 2.24) is 14.8 Å². The van der Waals surface area contributed by atoms with E-state index in [-0.39, 0.29) is 22.0 Å². The standard InChI is InChI=1S/C19H16ClN5O5/c1-11-7-12(2)24(23-11)17-6-3-13(9-21-17)19(27)30-10-18(26)22-15-5-4-14(20)8-16(15)25(28)29/h3-9H,10H2,1-2H3,(H,22,26). The van der Waals surface area contributed by atoms with E-state index in [9.17, 15) is 19.7 Å². The highest BCUT2D eigenvalue weighted by Gasteiger charge is 2.18. The first-order valence-corrected chi connectivity index (χ1v) is 9.03. The Balaban J connectivity index is 1.61. The number of rotatable bonds is 6. The maximum Gasteiger partial charge on any atom is 0.340 e. The van der Waals surface area contributed by atoms with E-state index < -0.39 is 23.4 Å². The fraction of sp³-hybridized carbons (Fsp3) is 0.158. The monoisotopic (exact) mass is 429 g/mol. The molecule has 3 rings (SSSR count). The maximum atomic E-state index is 12.1. The number of pyridine rings is 1. The molecule has 2 heterocycles. The summed E-state index contributed by atoms with van der Waals surface area (Å²) < 4.78 is 6.59. The number of anilines is 1. The van der Waals surface area contributed by atoms with Gasteiger partial charge in [-0.3, -0.25) is 14.9 Å². The van der Waals surface area contributed by atoms with Gasteiger partial charge in [0.2, 0.25) is 0 Å². The van der Waals surface area contributed by atoms with Gasteiger partial charge in [0.1, 0.15) is 5.69 Å². The molecule has 30 heavy (non-hydrogen) atoms. The quantitative estimate of drug-likeness (QED) is 0.361. The second-order valence-electron chi connectivity index (χ2n) is 6.29. The number of nitrogens with one attached hydrogen (secondary N) is 1. The van der Waals surface area contributed by atoms with E-state index in [0.717, 1.165) is 17.5 Å². The van der Waals surface area contributed by atoms with Gasteiger partial charge < -0.3 is 10.1 Å². The number of aryl methyl sites for hydroxylation is 2. The Morgan fingerprint density at radius 1 is 1.23 bits per heavy atom. The normalized spacial score (nSPS) is 10.5. The minimum atomic E-state index is -0.761. The molecule has 0 radical (unpaired) electrons. The molecule has 0 aliphatic rings. The zero-order chi connectivity index (χ0) is 21.8. The summed E-state index contributed by atoms with van der Waals surface area (Å²) in [6.07, 6.45) is 1.32. The SMILES string of the molecule is Cc1cc(C)n(-c2ccc(C(=O)OCC(=O)Nc3ccc(Cl)cc3[N+](=O)[O-])cn2)n1. The van der Waals surface area contributed by atoms with Crippen molar-refractivity contribution in [3.05, 3.63) is 74.7 Å². The summed E-state index contributed by atoms with van der Waals surface area (Å²) in [6.45, 7) is 3.12. The van der Waals surface area contributed by atoms with Crippen molar-refractivity contribution < 1.29 is 19.2 Å². The number of esters is 1. The molecule has 2 aromatic heterocycles. The summed E-state index contributed by atoms with van der Waals surface area (Å²) in [4.78, 5) is 38.7. The van der Waals surface area contributed by atoms with Crippen LogP contribution in [0.4, 0.5) is 11.4 Å². The number of carbonyl (C=O) groups is 2. The van der Waals surface area contributed by atoms with Gasteiger partial charge in [-0.05, 0) is 44.2 Å². The molecule has 0 saturated carbocycles. The van der Waals surface area contributed by atoms with Crippen LogP contribution in [0, 0.1) is 24.0 Å². The molecular formula is C19H16ClN5O5. The molecule has 1 aromatic carbocycles. The molecule has 0 spiro atoms. The second-order valence-corrected chi connectivity index (χ2v) is 6.72. The van der Waals surface area contributed by atoms with Crippen LogP contribution in [0.1, 0.15) is 21.7 Å². The Morgan fingerprint density at radius 3 is 2.60 bits per heavy atom. The van der Waals surface area contributed by atoms with Crippen LogP contribution in [0.15, 0.2) is 42.6 Å². The van der Waals surface area contributed by atoms with Crippen molar-refractivity contribution in [1.29, 1.82) is 0 Å². The molecule has 11 heteroatoms. The number of nitro benzene ring substituents is 1. The van der Waals surface area contributed by atoms with Crippen LogP contribution in [0.25, 0.3) is 5.82 Å².